The van der Waals surface area contributed by atoms with Gasteiger partial charge < -0.3 is 9.16 Å². The molecular weight excluding hydrogens is 692 g/mol. The number of fused-ring (bicyclic) bond motifs is 1. The van der Waals surface area contributed by atoms with Gasteiger partial charge in [-0.3, -0.25) is 0 Å². The van der Waals surface area contributed by atoms with E-state index >= 15 is 0 Å². The molecule has 0 amide bonds. The predicted molar refractivity (Wildman–Crippen MR) is 241 cm³/mol. The summed E-state index contributed by atoms with van der Waals surface area (Å²) in [6.45, 7) is 25.3. The quantitative estimate of drug-likeness (QED) is 0.0683. The fourth-order valence-corrected chi connectivity index (χ4v) is 13.3. The lowest BCUT2D eigenvalue weighted by Gasteiger charge is -2.41. The highest BCUT2D eigenvalue weighted by atomic mass is 31.2. The Morgan fingerprint density at radius 2 is 1.24 bits per heavy atom. The van der Waals surface area contributed by atoms with Crippen molar-refractivity contribution < 1.29 is 9.16 Å². The fraction of sp³-hybridized carbons (Fsp3) is 0.440. The van der Waals surface area contributed by atoms with Crippen LogP contribution >= 0.6 is 7.26 Å². The van der Waals surface area contributed by atoms with Gasteiger partial charge in [0.15, 0.2) is 0 Å². The Kier molecular flexibility index (Phi) is 13.6. The van der Waals surface area contributed by atoms with Crippen LogP contribution in [0.3, 0.4) is 0 Å². The van der Waals surface area contributed by atoms with Crippen LogP contribution in [0.5, 0.6) is 11.5 Å². The van der Waals surface area contributed by atoms with Gasteiger partial charge >= 0.3 is 0 Å². The van der Waals surface area contributed by atoms with E-state index in [4.69, 9.17) is 9.16 Å². The first kappa shape index (κ1) is 41.8. The highest BCUT2D eigenvalue weighted by molar-refractivity contribution is 7.95. The van der Waals surface area contributed by atoms with E-state index in [1.165, 1.54) is 61.9 Å². The number of rotatable bonds is 15. The summed E-state index contributed by atoms with van der Waals surface area (Å²) in [6, 6.07) is 33.8. The van der Waals surface area contributed by atoms with Gasteiger partial charge in [-0.1, -0.05) is 98.7 Å². The number of benzene rings is 4. The molecule has 1 atom stereocenters. The molecule has 0 saturated heterocycles. The molecular formula is C50H68O2PSi+. The van der Waals surface area contributed by atoms with E-state index in [1.807, 2.05) is 0 Å². The van der Waals surface area contributed by atoms with E-state index < -0.39 is 15.6 Å². The van der Waals surface area contributed by atoms with E-state index in [1.54, 1.807) is 0 Å². The molecule has 1 aliphatic heterocycles. The molecule has 4 aromatic rings. The van der Waals surface area contributed by atoms with Crippen molar-refractivity contribution in [2.45, 2.75) is 137 Å². The van der Waals surface area contributed by atoms with Gasteiger partial charge in [-0.2, -0.15) is 0 Å². The Morgan fingerprint density at radius 3 is 1.76 bits per heavy atom. The maximum atomic E-state index is 6.92. The topological polar surface area (TPSA) is 18.5 Å². The van der Waals surface area contributed by atoms with Crippen LogP contribution in [0.2, 0.25) is 18.1 Å². The molecule has 1 heterocycles. The van der Waals surface area contributed by atoms with Gasteiger partial charge in [0.2, 0.25) is 0 Å². The molecule has 0 fully saturated rings. The molecule has 0 spiro atoms. The zero-order valence-electron chi connectivity index (χ0n) is 35.4. The molecule has 288 valence electrons. The first-order chi connectivity index (χ1) is 25.6. The summed E-state index contributed by atoms with van der Waals surface area (Å²) in [5.74, 6) is 2.22. The lowest BCUT2D eigenvalue weighted by Crippen LogP contribution is -2.44. The van der Waals surface area contributed by atoms with Crippen molar-refractivity contribution >= 4 is 31.5 Å². The largest absolute Gasteiger partial charge is 0.543 e. The fourth-order valence-electron chi connectivity index (χ4n) is 7.87. The van der Waals surface area contributed by atoms with E-state index in [0.717, 1.165) is 56.4 Å². The summed E-state index contributed by atoms with van der Waals surface area (Å²) in [7, 11) is -3.72. The minimum atomic E-state index is -1.95. The maximum Gasteiger partial charge on any atom is 0.250 e. The Morgan fingerprint density at radius 1 is 0.741 bits per heavy atom. The Hall–Kier alpha value is -3.39. The summed E-state index contributed by atoms with van der Waals surface area (Å²) in [5, 5.41) is 4.59. The minimum absolute atomic E-state index is 0.150. The van der Waals surface area contributed by atoms with Crippen LogP contribution in [-0.2, 0) is 6.42 Å². The summed E-state index contributed by atoms with van der Waals surface area (Å²) in [4.78, 5) is 0. The summed E-state index contributed by atoms with van der Waals surface area (Å²) >= 11 is 0. The molecule has 2 nitrogen and oxygen atoms in total. The van der Waals surface area contributed by atoms with Crippen molar-refractivity contribution in [1.29, 1.82) is 0 Å². The number of ether oxygens (including phenoxy) is 1. The highest BCUT2D eigenvalue weighted by Crippen LogP contribution is 2.56. The standard InChI is InChI=1S/C50H68O2PSi/c1-38(26-22-35-50(9)36-34-46-42(5)47(40(3)41(4)48(46)51-50)52-54(10,11)49(6,7)8)24-21-25-39(2)27-23-37-53(43-28-15-12-16-29-43,44-30-17-13-18-31-44)45-32-19-14-20-33-45/h12-20,25-26,28-33H,21-24,27,34-37H2,1-11H3/q+1/b38-26+,39-25+. The van der Waals surface area contributed by atoms with Gasteiger partial charge in [0.1, 0.15) is 40.3 Å². The van der Waals surface area contributed by atoms with E-state index in [-0.39, 0.29) is 10.6 Å². The van der Waals surface area contributed by atoms with Gasteiger partial charge in [0, 0.05) is 5.56 Å². The van der Waals surface area contributed by atoms with E-state index in [9.17, 15) is 0 Å². The molecule has 0 aromatic heterocycles. The monoisotopic (exact) mass is 759 g/mol. The van der Waals surface area contributed by atoms with Crippen molar-refractivity contribution in [3.63, 3.8) is 0 Å². The smallest absolute Gasteiger partial charge is 0.250 e. The van der Waals surface area contributed by atoms with Crippen molar-refractivity contribution in [3.8, 4) is 11.5 Å². The molecule has 5 rings (SSSR count). The summed E-state index contributed by atoms with van der Waals surface area (Å²) < 4.78 is 13.8. The van der Waals surface area contributed by atoms with Crippen LogP contribution in [0.4, 0.5) is 0 Å². The third-order valence-corrected chi connectivity index (χ3v) is 21.4. The highest BCUT2D eigenvalue weighted by Gasteiger charge is 2.45. The molecule has 4 heteroatoms. The molecule has 1 aliphatic rings. The SMILES string of the molecule is C/C(=C\CCC1(C)CCc2c(C)c(O[Si](C)(C)C(C)(C)C)c(C)c(C)c2O1)CC/C=C(\C)CCC[P+](c1ccccc1)(c1ccccc1)c1ccccc1. The van der Waals surface area contributed by atoms with Crippen LogP contribution in [0.25, 0.3) is 0 Å². The summed E-state index contributed by atoms with van der Waals surface area (Å²) in [6.07, 6.45) is 14.8. The Bertz CT molecular complexity index is 1810. The van der Waals surface area contributed by atoms with Crippen molar-refractivity contribution in [2.75, 3.05) is 6.16 Å². The molecule has 0 saturated carbocycles. The zero-order chi connectivity index (χ0) is 39.1. The molecule has 0 N–H and O–H groups in total. The number of hydrogen-bond donors (Lipinski definition) is 0. The van der Waals surface area contributed by atoms with Crippen molar-refractivity contribution in [2.24, 2.45) is 0 Å². The van der Waals surface area contributed by atoms with Crippen molar-refractivity contribution in [3.05, 3.63) is 137 Å². The third-order valence-electron chi connectivity index (χ3n) is 12.6. The van der Waals surface area contributed by atoms with Crippen LogP contribution in [0.15, 0.2) is 114 Å². The number of hydrogen-bond acceptors (Lipinski definition) is 2. The number of allylic oxidation sites excluding steroid dienone is 4. The second-order valence-electron chi connectivity index (χ2n) is 17.7. The summed E-state index contributed by atoms with van der Waals surface area (Å²) in [5.41, 5.74) is 7.96. The normalized spacial score (nSPS) is 16.9. The molecule has 1 unspecified atom stereocenters. The predicted octanol–water partition coefficient (Wildman–Crippen LogP) is 13.3. The molecule has 0 bridgehead atoms. The Balaban J connectivity index is 1.17. The van der Waals surface area contributed by atoms with Gasteiger partial charge in [0.25, 0.3) is 8.32 Å². The third kappa shape index (κ3) is 9.51. The van der Waals surface area contributed by atoms with Gasteiger partial charge in [-0.25, -0.2) is 0 Å². The molecule has 54 heavy (non-hydrogen) atoms. The van der Waals surface area contributed by atoms with Gasteiger partial charge in [-0.05, 0) is 164 Å². The zero-order valence-corrected chi connectivity index (χ0v) is 37.3. The van der Waals surface area contributed by atoms with Crippen LogP contribution < -0.4 is 25.1 Å². The molecule has 0 aliphatic carbocycles. The second-order valence-corrected chi connectivity index (χ2v) is 26.1. The van der Waals surface area contributed by atoms with Crippen LogP contribution in [0, 0.1) is 20.8 Å². The van der Waals surface area contributed by atoms with Crippen LogP contribution in [0.1, 0.15) is 109 Å². The van der Waals surface area contributed by atoms with E-state index in [2.05, 4.69) is 179 Å². The first-order valence-corrected chi connectivity index (χ1v) is 25.3. The minimum Gasteiger partial charge on any atom is -0.543 e. The van der Waals surface area contributed by atoms with Crippen LogP contribution in [-0.4, -0.2) is 20.1 Å². The maximum absolute atomic E-state index is 6.92. The average molecular weight is 760 g/mol. The first-order valence-electron chi connectivity index (χ1n) is 20.4. The van der Waals surface area contributed by atoms with Gasteiger partial charge in [-0.15, -0.1) is 0 Å². The lowest BCUT2D eigenvalue weighted by molar-refractivity contribution is 0.0559. The molecule has 4 aromatic carbocycles. The average Bonchev–Trinajstić information content (AvgIpc) is 3.15. The van der Waals surface area contributed by atoms with E-state index in [0.29, 0.717) is 0 Å². The lowest BCUT2D eigenvalue weighted by atomic mass is 9.85. The molecule has 0 radical (unpaired) electrons. The van der Waals surface area contributed by atoms with Crippen molar-refractivity contribution in [1.82, 2.24) is 0 Å². The second kappa shape index (κ2) is 17.6. The Labute approximate surface area is 331 Å². The van der Waals surface area contributed by atoms with Gasteiger partial charge in [0.05, 0.1) is 6.16 Å².